The van der Waals surface area contributed by atoms with Crippen LogP contribution in [0.5, 0.6) is 5.75 Å². The zero-order chi connectivity index (χ0) is 19.0. The van der Waals surface area contributed by atoms with Gasteiger partial charge >= 0.3 is 0 Å². The van der Waals surface area contributed by atoms with Gasteiger partial charge in [0.05, 0.1) is 12.3 Å². The van der Waals surface area contributed by atoms with Crippen LogP contribution in [0, 0.1) is 5.82 Å². The molecule has 4 rings (SSSR count). The van der Waals surface area contributed by atoms with Gasteiger partial charge in [-0.3, -0.25) is 4.98 Å². The molecule has 3 aromatic rings. The molecule has 2 aromatic carbocycles. The third-order valence-electron chi connectivity index (χ3n) is 5.22. The first-order valence-corrected chi connectivity index (χ1v) is 9.64. The SMILES string of the molecule is CCc1c(C(C)C)nc2c(c1-c1ccc(F)cc1)CCOc1ccccc1-2. The molecule has 0 fully saturated rings. The van der Waals surface area contributed by atoms with Gasteiger partial charge in [-0.1, -0.05) is 45.0 Å². The maximum atomic E-state index is 13.6. The van der Waals surface area contributed by atoms with E-state index in [0.29, 0.717) is 12.5 Å². The van der Waals surface area contributed by atoms with Crippen molar-refractivity contribution in [2.24, 2.45) is 0 Å². The van der Waals surface area contributed by atoms with Crippen LogP contribution in [0.1, 0.15) is 43.5 Å². The minimum Gasteiger partial charge on any atom is -0.493 e. The summed E-state index contributed by atoms with van der Waals surface area (Å²) in [5, 5.41) is 0. The van der Waals surface area contributed by atoms with Crippen LogP contribution in [-0.2, 0) is 12.8 Å². The van der Waals surface area contributed by atoms with Crippen LogP contribution in [0.3, 0.4) is 0 Å². The smallest absolute Gasteiger partial charge is 0.128 e. The second kappa shape index (κ2) is 7.15. The summed E-state index contributed by atoms with van der Waals surface area (Å²) in [5.74, 6) is 0.975. The second-order valence-corrected chi connectivity index (χ2v) is 7.29. The number of fused-ring (bicyclic) bond motifs is 3. The predicted octanol–water partition coefficient (Wildman–Crippen LogP) is 6.18. The van der Waals surface area contributed by atoms with Gasteiger partial charge < -0.3 is 4.74 Å². The summed E-state index contributed by atoms with van der Waals surface area (Å²) in [4.78, 5) is 5.13. The third kappa shape index (κ3) is 3.12. The Balaban J connectivity index is 2.09. The van der Waals surface area contributed by atoms with Crippen molar-refractivity contribution in [1.82, 2.24) is 4.98 Å². The Kier molecular flexibility index (Phi) is 4.69. The van der Waals surface area contributed by atoms with Gasteiger partial charge in [0.2, 0.25) is 0 Å². The molecular weight excluding hydrogens is 337 g/mol. The highest BCUT2D eigenvalue weighted by Gasteiger charge is 2.25. The Morgan fingerprint density at radius 3 is 2.52 bits per heavy atom. The number of halogens is 1. The Labute approximate surface area is 160 Å². The average Bonchev–Trinajstić information content (AvgIpc) is 2.86. The van der Waals surface area contributed by atoms with E-state index in [0.717, 1.165) is 41.1 Å². The van der Waals surface area contributed by atoms with E-state index in [1.807, 2.05) is 30.3 Å². The highest BCUT2D eigenvalue weighted by molar-refractivity contribution is 5.82. The molecule has 2 nitrogen and oxygen atoms in total. The van der Waals surface area contributed by atoms with Gasteiger partial charge in [0, 0.05) is 17.7 Å². The van der Waals surface area contributed by atoms with E-state index in [1.165, 1.54) is 28.8 Å². The van der Waals surface area contributed by atoms with Crippen LogP contribution in [0.4, 0.5) is 4.39 Å². The number of pyridine rings is 1. The van der Waals surface area contributed by atoms with Gasteiger partial charge in [-0.05, 0) is 58.9 Å². The molecule has 0 bridgehead atoms. The molecule has 0 amide bonds. The molecule has 0 N–H and O–H groups in total. The van der Waals surface area contributed by atoms with Gasteiger partial charge in [-0.15, -0.1) is 0 Å². The van der Waals surface area contributed by atoms with Crippen LogP contribution in [0.2, 0.25) is 0 Å². The highest BCUT2D eigenvalue weighted by Crippen LogP contribution is 2.42. The van der Waals surface area contributed by atoms with E-state index in [-0.39, 0.29) is 5.82 Å². The van der Waals surface area contributed by atoms with E-state index >= 15 is 0 Å². The zero-order valence-electron chi connectivity index (χ0n) is 16.1. The fourth-order valence-electron chi connectivity index (χ4n) is 4.00. The zero-order valence-corrected chi connectivity index (χ0v) is 16.1. The summed E-state index contributed by atoms with van der Waals surface area (Å²) < 4.78 is 19.6. The molecule has 1 aliphatic rings. The van der Waals surface area contributed by atoms with Crippen LogP contribution in [0.25, 0.3) is 22.4 Å². The molecule has 138 valence electrons. The van der Waals surface area contributed by atoms with Crippen molar-refractivity contribution in [3.63, 3.8) is 0 Å². The molecule has 1 aromatic heterocycles. The standard InChI is InChI=1S/C24H24FNO/c1-4-18-22(16-9-11-17(25)12-10-16)20-13-14-27-21-8-6-5-7-19(21)24(20)26-23(18)15(2)3/h5-12,15H,4,13-14H2,1-3H3. The molecule has 3 heteroatoms. The first-order chi connectivity index (χ1) is 13.1. The minimum absolute atomic E-state index is 0.213. The van der Waals surface area contributed by atoms with Gasteiger partial charge in [0.1, 0.15) is 11.6 Å². The van der Waals surface area contributed by atoms with Crippen molar-refractivity contribution < 1.29 is 9.13 Å². The Hall–Kier alpha value is -2.68. The highest BCUT2D eigenvalue weighted by atomic mass is 19.1. The van der Waals surface area contributed by atoms with Crippen molar-refractivity contribution in [2.75, 3.05) is 6.61 Å². The van der Waals surface area contributed by atoms with Crippen molar-refractivity contribution in [3.8, 4) is 28.1 Å². The largest absolute Gasteiger partial charge is 0.493 e. The van der Waals surface area contributed by atoms with Crippen molar-refractivity contribution >= 4 is 0 Å². The van der Waals surface area contributed by atoms with Crippen molar-refractivity contribution in [2.45, 2.75) is 39.5 Å². The quantitative estimate of drug-likeness (QED) is 0.556. The number of para-hydroxylation sites is 1. The van der Waals surface area contributed by atoms with Gasteiger partial charge in [-0.2, -0.15) is 0 Å². The predicted molar refractivity (Wildman–Crippen MR) is 108 cm³/mol. The molecule has 0 spiro atoms. The first-order valence-electron chi connectivity index (χ1n) is 9.64. The molecule has 0 atom stereocenters. The molecule has 0 radical (unpaired) electrons. The molecule has 0 saturated heterocycles. The van der Waals surface area contributed by atoms with Crippen LogP contribution in [-0.4, -0.2) is 11.6 Å². The number of rotatable bonds is 3. The van der Waals surface area contributed by atoms with Crippen molar-refractivity contribution in [1.29, 1.82) is 0 Å². The summed E-state index contributed by atoms with van der Waals surface area (Å²) in [7, 11) is 0. The molecule has 1 aliphatic heterocycles. The molecule has 27 heavy (non-hydrogen) atoms. The lowest BCUT2D eigenvalue weighted by Gasteiger charge is -2.22. The molecule has 0 aliphatic carbocycles. The summed E-state index contributed by atoms with van der Waals surface area (Å²) in [5.41, 5.74) is 7.87. The maximum Gasteiger partial charge on any atom is 0.128 e. The number of hydrogen-bond donors (Lipinski definition) is 0. The summed E-state index contributed by atoms with van der Waals surface area (Å²) in [6.07, 6.45) is 1.68. The minimum atomic E-state index is -0.213. The maximum absolute atomic E-state index is 13.6. The van der Waals surface area contributed by atoms with E-state index in [9.17, 15) is 4.39 Å². The Bertz CT molecular complexity index is 976. The lowest BCUT2D eigenvalue weighted by atomic mass is 9.86. The van der Waals surface area contributed by atoms with E-state index in [4.69, 9.17) is 9.72 Å². The molecule has 2 heterocycles. The van der Waals surface area contributed by atoms with E-state index in [2.05, 4.69) is 26.8 Å². The summed E-state index contributed by atoms with van der Waals surface area (Å²) in [6.45, 7) is 7.15. The monoisotopic (exact) mass is 361 g/mol. The Morgan fingerprint density at radius 1 is 1.07 bits per heavy atom. The fraction of sp³-hybridized carbons (Fsp3) is 0.292. The molecular formula is C24H24FNO. The van der Waals surface area contributed by atoms with Gasteiger partial charge in [0.25, 0.3) is 0 Å². The van der Waals surface area contributed by atoms with Crippen LogP contribution >= 0.6 is 0 Å². The summed E-state index contributed by atoms with van der Waals surface area (Å²) in [6, 6.07) is 14.9. The lowest BCUT2D eigenvalue weighted by molar-refractivity contribution is 0.326. The number of nitrogens with zero attached hydrogens (tertiary/aromatic N) is 1. The number of hydrogen-bond acceptors (Lipinski definition) is 2. The van der Waals surface area contributed by atoms with Crippen molar-refractivity contribution in [3.05, 3.63) is 71.2 Å². The third-order valence-corrected chi connectivity index (χ3v) is 5.22. The normalized spacial score (nSPS) is 12.9. The second-order valence-electron chi connectivity index (χ2n) is 7.29. The number of aromatic nitrogens is 1. The fourth-order valence-corrected chi connectivity index (χ4v) is 4.00. The van der Waals surface area contributed by atoms with Crippen LogP contribution < -0.4 is 4.74 Å². The average molecular weight is 361 g/mol. The first kappa shape index (κ1) is 17.7. The van der Waals surface area contributed by atoms with Crippen LogP contribution in [0.15, 0.2) is 48.5 Å². The molecule has 0 unspecified atom stereocenters. The van der Waals surface area contributed by atoms with Gasteiger partial charge in [-0.25, -0.2) is 4.39 Å². The Morgan fingerprint density at radius 2 is 1.81 bits per heavy atom. The van der Waals surface area contributed by atoms with E-state index in [1.54, 1.807) is 0 Å². The topological polar surface area (TPSA) is 22.1 Å². The van der Waals surface area contributed by atoms with Gasteiger partial charge in [0.15, 0.2) is 0 Å². The van der Waals surface area contributed by atoms with E-state index < -0.39 is 0 Å². The lowest BCUT2D eigenvalue weighted by Crippen LogP contribution is -2.09. The number of benzene rings is 2. The number of ether oxygens (including phenoxy) is 1. The molecule has 0 saturated carbocycles. The summed E-state index contributed by atoms with van der Waals surface area (Å²) >= 11 is 0.